The van der Waals surface area contributed by atoms with Gasteiger partial charge in [0.2, 0.25) is 28.3 Å². The molecule has 3 fully saturated rings. The second-order valence-electron chi connectivity index (χ2n) is 15.2. The third-order valence-electron chi connectivity index (χ3n) is 10.7. The van der Waals surface area contributed by atoms with Crippen molar-refractivity contribution in [1.29, 1.82) is 0 Å². The Morgan fingerprint density at radius 1 is 1.13 bits per heavy atom. The molecule has 0 radical (unpaired) electrons. The summed E-state index contributed by atoms with van der Waals surface area (Å²) in [5, 5.41) is 7.06. The molecule has 52 heavy (non-hydrogen) atoms. The molecule has 4 N–H and O–H groups in total. The first-order valence-corrected chi connectivity index (χ1v) is 19.3. The molecule has 0 spiro atoms. The first-order chi connectivity index (χ1) is 24.5. The molecule has 14 nitrogen and oxygen atoms in total. The van der Waals surface area contributed by atoms with Gasteiger partial charge in [-0.15, -0.1) is 6.58 Å². The van der Waals surface area contributed by atoms with Gasteiger partial charge in [-0.3, -0.25) is 24.0 Å². The summed E-state index contributed by atoms with van der Waals surface area (Å²) in [5.41, 5.74) is 0.666. The first-order valence-electron chi connectivity index (χ1n) is 17.7. The number of alkyl halides is 2. The number of sulfonamides is 1. The van der Waals surface area contributed by atoms with Crippen molar-refractivity contribution in [2.75, 3.05) is 6.54 Å². The van der Waals surface area contributed by atoms with E-state index in [0.29, 0.717) is 32.4 Å². The number of fused-ring (bicyclic) bond motifs is 3. The lowest BCUT2D eigenvalue weighted by molar-refractivity contribution is -0.141. The summed E-state index contributed by atoms with van der Waals surface area (Å²) in [4.78, 5) is 70.6. The van der Waals surface area contributed by atoms with Gasteiger partial charge >= 0.3 is 12.1 Å². The molecule has 6 amide bonds. The number of rotatable bonds is 8. The molecule has 5 aliphatic rings. The van der Waals surface area contributed by atoms with E-state index >= 15 is 0 Å². The van der Waals surface area contributed by atoms with E-state index in [1.165, 1.54) is 11.0 Å². The number of ether oxygens (including phenoxy) is 1. The number of halogens is 2. The van der Waals surface area contributed by atoms with Gasteiger partial charge < -0.3 is 25.6 Å². The number of urea groups is 1. The van der Waals surface area contributed by atoms with Crippen LogP contribution < -0.4 is 20.7 Å². The number of hydrogen-bond acceptors (Lipinski definition) is 8. The molecule has 2 aliphatic carbocycles. The average Bonchev–Trinajstić information content (AvgIpc) is 3.95. The first kappa shape index (κ1) is 37.5. The lowest BCUT2D eigenvalue weighted by Crippen LogP contribution is -2.59. The van der Waals surface area contributed by atoms with Crippen LogP contribution in [-0.2, 0) is 48.7 Å². The fourth-order valence-electron chi connectivity index (χ4n) is 7.51. The van der Waals surface area contributed by atoms with Gasteiger partial charge in [0, 0.05) is 37.4 Å². The van der Waals surface area contributed by atoms with Gasteiger partial charge in [0.1, 0.15) is 23.7 Å². The predicted octanol–water partition coefficient (Wildman–Crippen LogP) is 2.61. The fourth-order valence-corrected chi connectivity index (χ4v) is 8.88. The van der Waals surface area contributed by atoms with Crippen LogP contribution in [0.4, 0.5) is 18.4 Å². The van der Waals surface area contributed by atoms with E-state index in [2.05, 4.69) is 27.3 Å². The summed E-state index contributed by atoms with van der Waals surface area (Å²) in [6.07, 6.45) is -0.958. The van der Waals surface area contributed by atoms with E-state index in [0.717, 1.165) is 40.9 Å². The van der Waals surface area contributed by atoms with Crippen LogP contribution in [0.3, 0.4) is 0 Å². The summed E-state index contributed by atoms with van der Waals surface area (Å²) < 4.78 is 60.9. The zero-order valence-electron chi connectivity index (χ0n) is 29.3. The molecule has 5 atom stereocenters. The van der Waals surface area contributed by atoms with E-state index in [-0.39, 0.29) is 19.4 Å². The van der Waals surface area contributed by atoms with E-state index in [9.17, 15) is 41.2 Å². The Bertz CT molecular complexity index is 1750. The number of carbonyl (C=O) groups excluding carboxylic acids is 5. The van der Waals surface area contributed by atoms with Gasteiger partial charge in [-0.25, -0.2) is 26.8 Å². The number of amides is 6. The monoisotopic (exact) mass is 748 g/mol. The van der Waals surface area contributed by atoms with Crippen LogP contribution in [-0.4, -0.2) is 95.5 Å². The predicted molar refractivity (Wildman–Crippen MR) is 183 cm³/mol. The zero-order chi connectivity index (χ0) is 37.6. The molecule has 0 aromatic heterocycles. The van der Waals surface area contributed by atoms with Crippen LogP contribution in [0, 0.1) is 5.92 Å². The quantitative estimate of drug-likeness (QED) is 0.293. The number of benzene rings is 1. The third kappa shape index (κ3) is 8.03. The van der Waals surface area contributed by atoms with Gasteiger partial charge in [-0.05, 0) is 69.1 Å². The summed E-state index contributed by atoms with van der Waals surface area (Å²) in [6.45, 7) is 7.52. The minimum absolute atomic E-state index is 0.0381. The van der Waals surface area contributed by atoms with Crippen LogP contribution in [0.1, 0.15) is 81.9 Å². The molecule has 1 saturated heterocycles. The number of nitrogens with zero attached hydrogens (tertiary/aromatic N) is 2. The molecule has 0 unspecified atom stereocenters. The van der Waals surface area contributed by atoms with Crippen LogP contribution in [0.5, 0.6) is 0 Å². The number of aryl methyl sites for hydroxylation is 1. The third-order valence-corrected chi connectivity index (χ3v) is 12.5. The lowest BCUT2D eigenvalue weighted by Gasteiger charge is -2.31. The average molecular weight is 749 g/mol. The fraction of sp³-hybridized carbons (Fsp3) is 0.629. The lowest BCUT2D eigenvalue weighted by atomic mass is 9.94. The SMILES string of the molecule is C=C[C@@H]1C[C@]1(NC(=O)[C@@H]1C[C@@H]2CN1C(=O)[C@H](CC(F)F)NC(=O)NC(C)(C)CCCCc1cccc3c1CN(C3)C(=O)O2)C(=O)NS(=O)(=O)C1CC1. The summed E-state index contributed by atoms with van der Waals surface area (Å²) in [5.74, 6) is -3.46. The van der Waals surface area contributed by atoms with Gasteiger partial charge in [-0.2, -0.15) is 0 Å². The van der Waals surface area contributed by atoms with E-state index < -0.39 is 93.1 Å². The topological polar surface area (TPSA) is 183 Å². The van der Waals surface area contributed by atoms with Crippen LogP contribution >= 0.6 is 0 Å². The normalized spacial score (nSPS) is 29.2. The maximum Gasteiger partial charge on any atom is 0.410 e. The molecule has 1 aromatic rings. The Balaban J connectivity index is 1.28. The van der Waals surface area contributed by atoms with Crippen molar-refractivity contribution in [3.05, 3.63) is 47.5 Å². The highest BCUT2D eigenvalue weighted by atomic mass is 32.2. The number of nitrogens with one attached hydrogen (secondary N) is 4. The van der Waals surface area contributed by atoms with Gasteiger partial charge in [0.25, 0.3) is 5.91 Å². The Kier molecular flexibility index (Phi) is 10.3. The van der Waals surface area contributed by atoms with Crippen LogP contribution in [0.2, 0.25) is 0 Å². The van der Waals surface area contributed by atoms with E-state index in [1.807, 2.05) is 18.2 Å². The molecule has 2 saturated carbocycles. The molecule has 3 heterocycles. The Morgan fingerprint density at radius 2 is 1.87 bits per heavy atom. The second-order valence-corrected chi connectivity index (χ2v) is 17.2. The summed E-state index contributed by atoms with van der Waals surface area (Å²) in [6, 6.07) is 1.88. The smallest absolute Gasteiger partial charge is 0.410 e. The maximum atomic E-state index is 14.1. The molecule has 284 valence electrons. The van der Waals surface area contributed by atoms with E-state index in [4.69, 9.17) is 4.74 Å². The zero-order valence-corrected chi connectivity index (χ0v) is 30.1. The molecule has 6 rings (SSSR count). The molecule has 17 heteroatoms. The largest absolute Gasteiger partial charge is 0.444 e. The van der Waals surface area contributed by atoms with Crippen molar-refractivity contribution in [3.63, 3.8) is 0 Å². The highest BCUT2D eigenvalue weighted by Gasteiger charge is 2.62. The van der Waals surface area contributed by atoms with Crippen LogP contribution in [0.15, 0.2) is 30.9 Å². The van der Waals surface area contributed by atoms with Gasteiger partial charge in [0.05, 0.1) is 11.8 Å². The Hall–Kier alpha value is -4.28. The molecule has 4 bridgehead atoms. The standard InChI is InChI=1S/C35H46F2N6O8S/c1-4-22-16-35(22,31(46)41-52(49,50)24-11-12-24)39-29(44)27-14-23-18-43(27)30(45)26(15-28(36)37)38-32(47)40-34(2,3)13-6-5-8-20-9-7-10-21-17-42(19-25(20)21)33(48)51-23/h4,7,9-10,22-24,26-28H,1,5-6,8,11-19H2,2-3H3,(H,39,44)(H,41,46)(H2,38,40,47)/t22-,23-,26+,27+,35-/m1/s1. The minimum Gasteiger partial charge on any atom is -0.444 e. The molecule has 1 aromatic carbocycles. The van der Waals surface area contributed by atoms with Crippen molar-refractivity contribution in [3.8, 4) is 0 Å². The van der Waals surface area contributed by atoms with Gasteiger partial charge in [0.15, 0.2) is 0 Å². The summed E-state index contributed by atoms with van der Waals surface area (Å²) in [7, 11) is -3.97. The highest BCUT2D eigenvalue weighted by molar-refractivity contribution is 7.91. The number of carbonyl (C=O) groups is 5. The molecule has 3 aliphatic heterocycles. The van der Waals surface area contributed by atoms with Crippen molar-refractivity contribution in [2.45, 2.75) is 126 Å². The van der Waals surface area contributed by atoms with Crippen LogP contribution in [0.25, 0.3) is 0 Å². The Morgan fingerprint density at radius 3 is 2.54 bits per heavy atom. The van der Waals surface area contributed by atoms with Crippen molar-refractivity contribution < 1.29 is 45.9 Å². The maximum absolute atomic E-state index is 14.1. The highest BCUT2D eigenvalue weighted by Crippen LogP contribution is 2.45. The van der Waals surface area contributed by atoms with Gasteiger partial charge in [-0.1, -0.05) is 30.7 Å². The number of hydrogen-bond donors (Lipinski definition) is 4. The van der Waals surface area contributed by atoms with Crippen molar-refractivity contribution >= 4 is 39.9 Å². The molecular formula is C35H46F2N6O8S. The molecular weight excluding hydrogens is 702 g/mol. The Labute approximate surface area is 301 Å². The second kappa shape index (κ2) is 14.3. The van der Waals surface area contributed by atoms with Crippen molar-refractivity contribution in [2.24, 2.45) is 5.92 Å². The van der Waals surface area contributed by atoms with E-state index in [1.54, 1.807) is 13.8 Å². The minimum atomic E-state index is -3.97. The van der Waals surface area contributed by atoms with Crippen molar-refractivity contribution in [1.82, 2.24) is 30.5 Å². The summed E-state index contributed by atoms with van der Waals surface area (Å²) >= 11 is 0.